The summed E-state index contributed by atoms with van der Waals surface area (Å²) in [6, 6.07) is 15.2. The van der Waals surface area contributed by atoms with Crippen LogP contribution in [0, 0.1) is 0 Å². The van der Waals surface area contributed by atoms with Crippen molar-refractivity contribution < 1.29 is 17.5 Å². The molecule has 0 radical (unpaired) electrons. The summed E-state index contributed by atoms with van der Waals surface area (Å²) < 4.78 is 31.6. The molecule has 134 valence electrons. The smallest absolute Gasteiger partial charge is 0.330 e. The number of hydrogen-bond acceptors (Lipinski definition) is 6. The van der Waals surface area contributed by atoms with Gasteiger partial charge in [-0.25, -0.2) is 4.98 Å². The van der Waals surface area contributed by atoms with Crippen molar-refractivity contribution in [2.75, 3.05) is 5.32 Å². The van der Waals surface area contributed by atoms with Crippen LogP contribution in [-0.2, 0) is 10.4 Å². The lowest BCUT2D eigenvalue weighted by molar-refractivity contribution is 0.381. The summed E-state index contributed by atoms with van der Waals surface area (Å²) in [5, 5.41) is 3.06. The molecule has 0 bridgehead atoms. The van der Waals surface area contributed by atoms with Gasteiger partial charge in [0.05, 0.1) is 11.4 Å². The topological polar surface area (TPSA) is 125 Å². The molecule has 26 heavy (non-hydrogen) atoms. The molecule has 0 saturated carbocycles. The molecule has 0 aliphatic heterocycles. The summed E-state index contributed by atoms with van der Waals surface area (Å²) in [5.74, 6) is 0.707. The van der Waals surface area contributed by atoms with E-state index in [1.807, 2.05) is 48.5 Å². The first-order valence-electron chi connectivity index (χ1n) is 7.12. The number of pyridine rings is 3. The Labute approximate surface area is 155 Å². The molecular weight excluding hydrogens is 376 g/mol. The monoisotopic (exact) mass is 390 g/mol. The highest BCUT2D eigenvalue weighted by Crippen LogP contribution is 2.15. The average Bonchev–Trinajstić information content (AvgIpc) is 2.62. The number of rotatable bonds is 3. The first-order chi connectivity index (χ1) is 12.3. The van der Waals surface area contributed by atoms with E-state index in [0.717, 1.165) is 11.3 Å². The summed E-state index contributed by atoms with van der Waals surface area (Å²) >= 11 is 5.33. The predicted octanol–water partition coefficient (Wildman–Crippen LogP) is 2.67. The Kier molecular flexibility index (Phi) is 6.81. The fourth-order valence-electron chi connectivity index (χ4n) is 1.83. The van der Waals surface area contributed by atoms with E-state index in [1.54, 1.807) is 18.6 Å². The van der Waals surface area contributed by atoms with Gasteiger partial charge in [0.15, 0.2) is 0 Å². The van der Waals surface area contributed by atoms with Gasteiger partial charge in [-0.1, -0.05) is 24.4 Å². The number of anilines is 1. The molecule has 3 N–H and O–H groups in total. The molecule has 3 aromatic heterocycles. The van der Waals surface area contributed by atoms with Crippen LogP contribution in [-0.4, -0.2) is 37.5 Å². The van der Waals surface area contributed by atoms with E-state index in [-0.39, 0.29) is 0 Å². The highest BCUT2D eigenvalue weighted by Gasteiger charge is 2.05. The van der Waals surface area contributed by atoms with Gasteiger partial charge in [0.2, 0.25) is 0 Å². The zero-order valence-electron chi connectivity index (χ0n) is 13.2. The number of nitrogens with zero attached hydrogens (tertiary/aromatic N) is 3. The molecule has 10 heteroatoms. The normalized spacial score (nSPS) is 10.4. The van der Waals surface area contributed by atoms with Crippen molar-refractivity contribution in [1.82, 2.24) is 15.0 Å². The molecular formula is C16H14N4O4S2. The molecule has 0 aliphatic carbocycles. The first kappa shape index (κ1) is 19.5. The van der Waals surface area contributed by atoms with E-state index in [4.69, 9.17) is 29.7 Å². The summed E-state index contributed by atoms with van der Waals surface area (Å²) in [6.07, 6.45) is 5.24. The highest BCUT2D eigenvalue weighted by atomic mass is 32.3. The van der Waals surface area contributed by atoms with Gasteiger partial charge in [0.1, 0.15) is 10.8 Å². The number of hydrogen-bond donors (Lipinski definition) is 3. The molecule has 0 unspecified atom stereocenters. The van der Waals surface area contributed by atoms with Crippen molar-refractivity contribution in [3.8, 4) is 11.3 Å². The summed E-state index contributed by atoms with van der Waals surface area (Å²) in [4.78, 5) is 13.4. The Morgan fingerprint density at radius 1 is 0.923 bits per heavy atom. The molecule has 0 spiro atoms. The van der Waals surface area contributed by atoms with Gasteiger partial charge in [-0.2, -0.15) is 8.42 Å². The van der Waals surface area contributed by atoms with Crippen LogP contribution in [0.4, 0.5) is 5.82 Å². The van der Waals surface area contributed by atoms with E-state index < -0.39 is 10.4 Å². The van der Waals surface area contributed by atoms with Crippen molar-refractivity contribution in [3.63, 3.8) is 0 Å². The van der Waals surface area contributed by atoms with Crippen LogP contribution in [0.2, 0.25) is 0 Å². The zero-order chi connectivity index (χ0) is 19.0. The van der Waals surface area contributed by atoms with Crippen molar-refractivity contribution in [2.24, 2.45) is 0 Å². The minimum absolute atomic E-state index is 0.543. The van der Waals surface area contributed by atoms with Gasteiger partial charge < -0.3 is 5.32 Å². The van der Waals surface area contributed by atoms with E-state index in [1.165, 1.54) is 0 Å². The maximum Gasteiger partial charge on any atom is 0.394 e. The summed E-state index contributed by atoms with van der Waals surface area (Å²) in [6.45, 7) is 0. The second kappa shape index (κ2) is 9.06. The lowest BCUT2D eigenvalue weighted by Gasteiger charge is -2.07. The van der Waals surface area contributed by atoms with E-state index in [2.05, 4.69) is 20.3 Å². The van der Waals surface area contributed by atoms with E-state index in [9.17, 15) is 0 Å². The Morgan fingerprint density at radius 3 is 2.08 bits per heavy atom. The Morgan fingerprint density at radius 2 is 1.58 bits per heavy atom. The van der Waals surface area contributed by atoms with E-state index >= 15 is 0 Å². The summed E-state index contributed by atoms with van der Waals surface area (Å²) in [5.41, 5.74) is 2.55. The van der Waals surface area contributed by atoms with Gasteiger partial charge in [-0.15, -0.1) is 0 Å². The van der Waals surface area contributed by atoms with Gasteiger partial charge in [-0.3, -0.25) is 19.1 Å². The third kappa shape index (κ3) is 6.99. The lowest BCUT2D eigenvalue weighted by Crippen LogP contribution is -2.13. The van der Waals surface area contributed by atoms with Crippen LogP contribution in [0.1, 0.15) is 5.69 Å². The second-order valence-corrected chi connectivity index (χ2v) is 6.07. The first-order valence-corrected chi connectivity index (χ1v) is 8.93. The summed E-state index contributed by atoms with van der Waals surface area (Å²) in [7, 11) is -4.67. The molecule has 0 amide bonds. The lowest BCUT2D eigenvalue weighted by atomic mass is 10.2. The number of thiocarbonyl (C=S) groups is 1. The predicted molar refractivity (Wildman–Crippen MR) is 101 cm³/mol. The Bertz CT molecular complexity index is 943. The van der Waals surface area contributed by atoms with Crippen LogP contribution >= 0.6 is 12.2 Å². The van der Waals surface area contributed by atoms with Gasteiger partial charge >= 0.3 is 10.4 Å². The van der Waals surface area contributed by atoms with Crippen LogP contribution in [0.25, 0.3) is 11.3 Å². The van der Waals surface area contributed by atoms with Crippen molar-refractivity contribution >= 4 is 33.4 Å². The third-order valence-electron chi connectivity index (χ3n) is 2.86. The Balaban J connectivity index is 0.000000431. The van der Waals surface area contributed by atoms with Crippen LogP contribution < -0.4 is 5.32 Å². The molecule has 3 aromatic rings. The van der Waals surface area contributed by atoms with Gasteiger partial charge in [0.25, 0.3) is 0 Å². The van der Waals surface area contributed by atoms with Gasteiger partial charge in [-0.05, 0) is 36.4 Å². The number of aromatic nitrogens is 3. The Hall–Kier alpha value is -2.79. The fourth-order valence-corrected chi connectivity index (χ4v) is 2.06. The SMILES string of the molecule is O=S(=O)(O)O.S=C(Nc1ccccn1)c1ccc(-c2ccccn2)cn1. The van der Waals surface area contributed by atoms with Crippen LogP contribution in [0.5, 0.6) is 0 Å². The molecule has 3 heterocycles. The number of nitrogens with one attached hydrogen (secondary N) is 1. The molecule has 0 saturated heterocycles. The molecule has 0 fully saturated rings. The quantitative estimate of drug-likeness (QED) is 0.457. The van der Waals surface area contributed by atoms with Crippen molar-refractivity contribution in [1.29, 1.82) is 0 Å². The maximum absolute atomic E-state index is 8.74. The average molecular weight is 390 g/mol. The van der Waals surface area contributed by atoms with Crippen molar-refractivity contribution in [2.45, 2.75) is 0 Å². The molecule has 0 atom stereocenters. The fraction of sp³-hybridized carbons (Fsp3) is 0. The largest absolute Gasteiger partial charge is 0.394 e. The maximum atomic E-state index is 8.74. The minimum Gasteiger partial charge on any atom is -0.330 e. The van der Waals surface area contributed by atoms with Crippen LogP contribution in [0.15, 0.2) is 67.1 Å². The standard InChI is InChI=1S/C16H12N4S.H2O4S/c21-16(20-15-6-2-4-10-18-15)14-8-7-12(11-19-14)13-5-1-3-9-17-13;1-5(2,3)4/h1-11H,(H,18,20,21);(H2,1,2,3,4). The van der Waals surface area contributed by atoms with Crippen molar-refractivity contribution in [3.05, 3.63) is 72.8 Å². The molecule has 0 aliphatic rings. The molecule has 0 aromatic carbocycles. The second-order valence-electron chi connectivity index (χ2n) is 4.76. The van der Waals surface area contributed by atoms with Gasteiger partial charge in [0, 0.05) is 24.2 Å². The minimum atomic E-state index is -4.67. The third-order valence-corrected chi connectivity index (χ3v) is 3.17. The zero-order valence-corrected chi connectivity index (χ0v) is 14.9. The highest BCUT2D eigenvalue weighted by molar-refractivity contribution is 7.81. The molecule has 3 rings (SSSR count). The van der Waals surface area contributed by atoms with E-state index in [0.29, 0.717) is 16.5 Å². The van der Waals surface area contributed by atoms with Crippen LogP contribution in [0.3, 0.4) is 0 Å². The molecule has 8 nitrogen and oxygen atoms in total.